The highest BCUT2D eigenvalue weighted by molar-refractivity contribution is 7.98. The van der Waals surface area contributed by atoms with Gasteiger partial charge in [0.05, 0.1) is 22.9 Å². The van der Waals surface area contributed by atoms with Gasteiger partial charge in [0.15, 0.2) is 0 Å². The Hall–Kier alpha value is -2.94. The summed E-state index contributed by atoms with van der Waals surface area (Å²) in [6.45, 7) is 1.53. The zero-order chi connectivity index (χ0) is 21.2. The van der Waals surface area contributed by atoms with Crippen molar-refractivity contribution in [3.05, 3.63) is 70.9 Å². The molecule has 1 aliphatic heterocycles. The summed E-state index contributed by atoms with van der Waals surface area (Å²) in [5.41, 5.74) is -0.238. The van der Waals surface area contributed by atoms with Gasteiger partial charge < -0.3 is 16.0 Å². The molecule has 3 rings (SSSR count). The highest BCUT2D eigenvalue weighted by Gasteiger charge is 2.35. The predicted octanol–water partition coefficient (Wildman–Crippen LogP) is 4.69. The first-order valence-corrected chi connectivity index (χ1v) is 9.83. The van der Waals surface area contributed by atoms with E-state index < -0.39 is 29.7 Å². The van der Waals surface area contributed by atoms with Crippen LogP contribution in [0.25, 0.3) is 0 Å². The van der Waals surface area contributed by atoms with Gasteiger partial charge in [-0.2, -0.15) is 13.2 Å². The minimum Gasteiger partial charge on any atom is -0.327 e. The van der Waals surface area contributed by atoms with Crippen LogP contribution in [0.5, 0.6) is 0 Å². The quantitative estimate of drug-likeness (QED) is 0.627. The summed E-state index contributed by atoms with van der Waals surface area (Å²) in [6, 6.07) is 10.7. The van der Waals surface area contributed by atoms with Gasteiger partial charge in [-0.3, -0.25) is 4.79 Å². The number of carbonyl (C=O) groups is 2. The van der Waals surface area contributed by atoms with E-state index in [1.54, 1.807) is 23.9 Å². The lowest BCUT2D eigenvalue weighted by Gasteiger charge is -2.29. The van der Waals surface area contributed by atoms with Gasteiger partial charge in [-0.15, -0.1) is 11.8 Å². The Labute approximate surface area is 169 Å². The van der Waals surface area contributed by atoms with Crippen LogP contribution < -0.4 is 16.0 Å². The van der Waals surface area contributed by atoms with Gasteiger partial charge >= 0.3 is 12.2 Å². The highest BCUT2D eigenvalue weighted by atomic mass is 32.2. The summed E-state index contributed by atoms with van der Waals surface area (Å²) in [7, 11) is 0. The fourth-order valence-electron chi connectivity index (χ4n) is 3.07. The lowest BCUT2D eigenvalue weighted by Crippen LogP contribution is -2.46. The van der Waals surface area contributed by atoms with Gasteiger partial charge in [0.25, 0.3) is 5.91 Å². The minimum atomic E-state index is -4.61. The van der Waals surface area contributed by atoms with E-state index in [-0.39, 0.29) is 17.0 Å². The molecule has 0 aliphatic carbocycles. The maximum atomic E-state index is 13.2. The van der Waals surface area contributed by atoms with Crippen LogP contribution in [0.3, 0.4) is 0 Å². The summed E-state index contributed by atoms with van der Waals surface area (Å²) < 4.78 is 39.7. The van der Waals surface area contributed by atoms with Crippen LogP contribution in [-0.2, 0) is 11.0 Å². The largest absolute Gasteiger partial charge is 0.418 e. The van der Waals surface area contributed by atoms with Gasteiger partial charge in [0, 0.05) is 10.6 Å². The van der Waals surface area contributed by atoms with Gasteiger partial charge in [0.2, 0.25) is 0 Å². The second-order valence-electron chi connectivity index (χ2n) is 6.34. The zero-order valence-electron chi connectivity index (χ0n) is 15.6. The second-order valence-corrected chi connectivity index (χ2v) is 7.22. The molecule has 2 aromatic rings. The monoisotopic (exact) mass is 421 g/mol. The summed E-state index contributed by atoms with van der Waals surface area (Å²) >= 11 is 1.54. The van der Waals surface area contributed by atoms with E-state index >= 15 is 0 Å². The standard InChI is InChI=1S/C20H18F3N3O2S/c1-11-16(18(27)25-15-6-4-3-5-14(15)20(21,22)23)17(26-19(28)24-11)12-7-9-13(29-2)10-8-12/h3-10,17H,1-2H3,(H,25,27)(H2,24,26,28). The minimum absolute atomic E-state index is 0.137. The second kappa shape index (κ2) is 8.20. The van der Waals surface area contributed by atoms with Crippen molar-refractivity contribution in [1.29, 1.82) is 0 Å². The number of alkyl halides is 3. The van der Waals surface area contributed by atoms with Crippen molar-refractivity contribution in [2.75, 3.05) is 11.6 Å². The topological polar surface area (TPSA) is 70.2 Å². The van der Waals surface area contributed by atoms with E-state index in [9.17, 15) is 22.8 Å². The van der Waals surface area contributed by atoms with Crippen molar-refractivity contribution < 1.29 is 22.8 Å². The van der Waals surface area contributed by atoms with Crippen molar-refractivity contribution in [2.45, 2.75) is 24.0 Å². The number of benzene rings is 2. The zero-order valence-corrected chi connectivity index (χ0v) is 16.4. The third-order valence-electron chi connectivity index (χ3n) is 4.44. The third-order valence-corrected chi connectivity index (χ3v) is 5.19. The molecular weight excluding hydrogens is 403 g/mol. The maximum absolute atomic E-state index is 13.2. The van der Waals surface area contributed by atoms with Crippen LogP contribution >= 0.6 is 11.8 Å². The lowest BCUT2D eigenvalue weighted by molar-refractivity contribution is -0.137. The van der Waals surface area contributed by atoms with Crippen molar-refractivity contribution in [1.82, 2.24) is 10.6 Å². The molecule has 0 radical (unpaired) electrons. The van der Waals surface area contributed by atoms with Gasteiger partial charge in [-0.25, -0.2) is 4.79 Å². The number of anilines is 1. The van der Waals surface area contributed by atoms with Crippen LogP contribution in [0.2, 0.25) is 0 Å². The summed E-state index contributed by atoms with van der Waals surface area (Å²) in [5.74, 6) is -0.731. The SMILES string of the molecule is CSc1ccc(C2NC(=O)NC(C)=C2C(=O)Nc2ccccc2C(F)(F)F)cc1. The Morgan fingerprint density at radius 3 is 2.38 bits per heavy atom. The third kappa shape index (κ3) is 4.56. The van der Waals surface area contributed by atoms with E-state index in [4.69, 9.17) is 0 Å². The van der Waals surface area contributed by atoms with E-state index in [2.05, 4.69) is 16.0 Å². The van der Waals surface area contributed by atoms with Gasteiger partial charge in [0.1, 0.15) is 0 Å². The number of hydrogen-bond donors (Lipinski definition) is 3. The number of halogens is 3. The van der Waals surface area contributed by atoms with Gasteiger partial charge in [-0.1, -0.05) is 24.3 Å². The molecular formula is C20H18F3N3O2S. The molecule has 0 saturated carbocycles. The number of para-hydroxylation sites is 1. The molecule has 0 bridgehead atoms. The van der Waals surface area contributed by atoms with E-state index in [1.807, 2.05) is 18.4 Å². The first-order valence-electron chi connectivity index (χ1n) is 8.60. The highest BCUT2D eigenvalue weighted by Crippen LogP contribution is 2.35. The number of rotatable bonds is 4. The first-order chi connectivity index (χ1) is 13.7. The fourth-order valence-corrected chi connectivity index (χ4v) is 3.48. The number of allylic oxidation sites excluding steroid dienone is 1. The molecule has 1 atom stereocenters. The van der Waals surface area contributed by atoms with E-state index in [0.717, 1.165) is 11.0 Å². The summed E-state index contributed by atoms with van der Waals surface area (Å²) in [5, 5.41) is 7.51. The van der Waals surface area contributed by atoms with Crippen LogP contribution in [0.1, 0.15) is 24.1 Å². The van der Waals surface area contributed by atoms with Crippen molar-refractivity contribution in [3.8, 4) is 0 Å². The van der Waals surface area contributed by atoms with E-state index in [0.29, 0.717) is 5.56 Å². The molecule has 3 amide bonds. The number of nitrogens with one attached hydrogen (secondary N) is 3. The Morgan fingerprint density at radius 1 is 1.10 bits per heavy atom. The Morgan fingerprint density at radius 2 is 1.76 bits per heavy atom. The van der Waals surface area contributed by atoms with E-state index in [1.165, 1.54) is 25.1 Å². The Balaban J connectivity index is 1.96. The number of hydrogen-bond acceptors (Lipinski definition) is 3. The fraction of sp³-hybridized carbons (Fsp3) is 0.200. The molecule has 0 aromatic heterocycles. The molecule has 9 heteroatoms. The molecule has 0 fully saturated rings. The molecule has 3 N–H and O–H groups in total. The Bertz CT molecular complexity index is 972. The molecule has 0 spiro atoms. The number of thioether (sulfide) groups is 1. The van der Waals surface area contributed by atoms with Crippen molar-refractivity contribution >= 4 is 29.4 Å². The van der Waals surface area contributed by atoms with Crippen molar-refractivity contribution in [2.24, 2.45) is 0 Å². The van der Waals surface area contributed by atoms with Crippen molar-refractivity contribution in [3.63, 3.8) is 0 Å². The molecule has 0 saturated heterocycles. The summed E-state index contributed by atoms with van der Waals surface area (Å²) in [4.78, 5) is 25.9. The average Bonchev–Trinajstić information content (AvgIpc) is 2.67. The molecule has 1 aliphatic rings. The predicted molar refractivity (Wildman–Crippen MR) is 105 cm³/mol. The number of amides is 3. The molecule has 2 aromatic carbocycles. The van der Waals surface area contributed by atoms with Crippen LogP contribution in [0.4, 0.5) is 23.7 Å². The lowest BCUT2D eigenvalue weighted by atomic mass is 9.94. The first kappa shape index (κ1) is 20.8. The molecule has 1 heterocycles. The normalized spacial score (nSPS) is 16.9. The smallest absolute Gasteiger partial charge is 0.327 e. The molecule has 1 unspecified atom stereocenters. The molecule has 29 heavy (non-hydrogen) atoms. The summed E-state index contributed by atoms with van der Waals surface area (Å²) in [6.07, 6.45) is -2.69. The molecule has 152 valence electrons. The number of urea groups is 1. The number of carbonyl (C=O) groups excluding carboxylic acids is 2. The Kier molecular flexibility index (Phi) is 5.88. The van der Waals surface area contributed by atoms with Gasteiger partial charge in [-0.05, 0) is 43.0 Å². The average molecular weight is 421 g/mol. The molecule has 5 nitrogen and oxygen atoms in total. The maximum Gasteiger partial charge on any atom is 0.418 e. The van der Waals surface area contributed by atoms with Crippen LogP contribution in [0.15, 0.2) is 64.7 Å². The van der Waals surface area contributed by atoms with Crippen LogP contribution in [-0.4, -0.2) is 18.2 Å². The van der Waals surface area contributed by atoms with Crippen LogP contribution in [0, 0.1) is 0 Å².